The molecule has 1 aromatic heterocycles. The van der Waals surface area contributed by atoms with Gasteiger partial charge in [0.1, 0.15) is 17.1 Å². The smallest absolute Gasteiger partial charge is 0.348 e. The van der Waals surface area contributed by atoms with E-state index < -0.39 is 5.97 Å². The van der Waals surface area contributed by atoms with Gasteiger partial charge in [-0.3, -0.25) is 0 Å². The van der Waals surface area contributed by atoms with Crippen LogP contribution in [0.15, 0.2) is 78.9 Å². The van der Waals surface area contributed by atoms with Crippen LogP contribution in [-0.2, 0) is 0 Å². The van der Waals surface area contributed by atoms with Crippen LogP contribution in [0.25, 0.3) is 16.9 Å². The number of ether oxygens (including phenoxy) is 3. The first-order chi connectivity index (χ1) is 15.1. The summed E-state index contributed by atoms with van der Waals surface area (Å²) in [5.74, 6) is 0.719. The van der Waals surface area contributed by atoms with Crippen LogP contribution >= 0.6 is 0 Å². The van der Waals surface area contributed by atoms with E-state index >= 15 is 0 Å². The van der Waals surface area contributed by atoms with E-state index in [0.29, 0.717) is 28.6 Å². The molecule has 0 atom stereocenters. The molecule has 0 bridgehead atoms. The molecule has 6 heteroatoms. The lowest BCUT2D eigenvalue weighted by atomic mass is 10.1. The normalized spacial score (nSPS) is 10.5. The van der Waals surface area contributed by atoms with Crippen LogP contribution in [0.5, 0.6) is 17.4 Å². The van der Waals surface area contributed by atoms with Crippen LogP contribution in [0.1, 0.15) is 15.9 Å². The third kappa shape index (κ3) is 4.28. The van der Waals surface area contributed by atoms with E-state index in [1.807, 2.05) is 61.5 Å². The number of benzene rings is 3. The van der Waals surface area contributed by atoms with Crippen molar-refractivity contribution in [2.45, 2.75) is 6.92 Å². The minimum absolute atomic E-state index is 0.293. The van der Waals surface area contributed by atoms with Crippen molar-refractivity contribution >= 4 is 5.97 Å². The highest BCUT2D eigenvalue weighted by Gasteiger charge is 2.20. The van der Waals surface area contributed by atoms with E-state index in [9.17, 15) is 4.79 Å². The maximum Gasteiger partial charge on any atom is 0.348 e. The average Bonchev–Trinajstić information content (AvgIpc) is 3.23. The van der Waals surface area contributed by atoms with E-state index in [4.69, 9.17) is 14.2 Å². The molecule has 0 aliphatic rings. The SMILES string of the molecule is COc1ccc(C(=O)Oc2cc(-c3ccccc3)nn2-c2ccc(C)cc2)c(OC)c1. The first-order valence-corrected chi connectivity index (χ1v) is 9.76. The van der Waals surface area contributed by atoms with Crippen molar-refractivity contribution in [3.63, 3.8) is 0 Å². The monoisotopic (exact) mass is 414 g/mol. The Balaban J connectivity index is 1.74. The number of carbonyl (C=O) groups excluding carboxylic acids is 1. The highest BCUT2D eigenvalue weighted by molar-refractivity contribution is 5.94. The van der Waals surface area contributed by atoms with Gasteiger partial charge in [-0.1, -0.05) is 48.0 Å². The Morgan fingerprint density at radius 1 is 0.871 bits per heavy atom. The van der Waals surface area contributed by atoms with E-state index in [1.54, 1.807) is 36.1 Å². The molecule has 0 saturated carbocycles. The molecule has 0 radical (unpaired) electrons. The lowest BCUT2D eigenvalue weighted by molar-refractivity contribution is 0.0719. The van der Waals surface area contributed by atoms with Crippen molar-refractivity contribution < 1.29 is 19.0 Å². The quantitative estimate of drug-likeness (QED) is 0.412. The zero-order valence-corrected chi connectivity index (χ0v) is 17.5. The third-order valence-electron chi connectivity index (χ3n) is 4.85. The maximum atomic E-state index is 13.0. The lowest BCUT2D eigenvalue weighted by Crippen LogP contribution is -2.13. The molecule has 31 heavy (non-hydrogen) atoms. The minimum Gasteiger partial charge on any atom is -0.497 e. The van der Waals surface area contributed by atoms with E-state index in [1.165, 1.54) is 7.11 Å². The molecule has 0 N–H and O–H groups in total. The van der Waals surface area contributed by atoms with Crippen molar-refractivity contribution in [1.82, 2.24) is 9.78 Å². The zero-order chi connectivity index (χ0) is 21.8. The Bertz CT molecular complexity index is 1200. The number of rotatable bonds is 6. The fourth-order valence-electron chi connectivity index (χ4n) is 3.17. The second-order valence-electron chi connectivity index (χ2n) is 6.94. The van der Waals surface area contributed by atoms with Crippen molar-refractivity contribution in [2.24, 2.45) is 0 Å². The Labute approximate surface area is 180 Å². The average molecular weight is 414 g/mol. The largest absolute Gasteiger partial charge is 0.497 e. The summed E-state index contributed by atoms with van der Waals surface area (Å²) < 4.78 is 17.9. The molecule has 0 amide bonds. The molecule has 0 saturated heterocycles. The van der Waals surface area contributed by atoms with Crippen LogP contribution in [0.4, 0.5) is 0 Å². The molecule has 1 heterocycles. The van der Waals surface area contributed by atoms with Crippen molar-refractivity contribution in [1.29, 1.82) is 0 Å². The number of hydrogen-bond acceptors (Lipinski definition) is 5. The maximum absolute atomic E-state index is 13.0. The van der Waals surface area contributed by atoms with Crippen LogP contribution in [0.3, 0.4) is 0 Å². The Morgan fingerprint density at radius 3 is 2.29 bits per heavy atom. The summed E-state index contributed by atoms with van der Waals surface area (Å²) in [7, 11) is 3.05. The summed E-state index contributed by atoms with van der Waals surface area (Å²) in [5.41, 5.74) is 3.83. The number of methoxy groups -OCH3 is 2. The van der Waals surface area contributed by atoms with Gasteiger partial charge in [-0.05, 0) is 31.2 Å². The molecular formula is C25H22N2O4. The number of aryl methyl sites for hydroxylation is 1. The highest BCUT2D eigenvalue weighted by atomic mass is 16.5. The van der Waals surface area contributed by atoms with E-state index in [-0.39, 0.29) is 0 Å². The van der Waals surface area contributed by atoms with Gasteiger partial charge in [-0.2, -0.15) is 5.10 Å². The summed E-state index contributed by atoms with van der Waals surface area (Å²) in [4.78, 5) is 13.0. The summed E-state index contributed by atoms with van der Waals surface area (Å²) in [6, 6.07) is 24.3. The predicted molar refractivity (Wildman–Crippen MR) is 118 cm³/mol. The van der Waals surface area contributed by atoms with Gasteiger partial charge < -0.3 is 14.2 Å². The van der Waals surface area contributed by atoms with Crippen molar-refractivity contribution in [3.05, 3.63) is 90.0 Å². The summed E-state index contributed by atoms with van der Waals surface area (Å²) in [6.45, 7) is 2.01. The molecule has 0 unspecified atom stereocenters. The molecular weight excluding hydrogens is 392 g/mol. The molecule has 0 fully saturated rings. The molecule has 4 aromatic rings. The lowest BCUT2D eigenvalue weighted by Gasteiger charge is -2.11. The number of nitrogens with zero attached hydrogens (tertiary/aromatic N) is 2. The van der Waals surface area contributed by atoms with Gasteiger partial charge in [0.25, 0.3) is 0 Å². The van der Waals surface area contributed by atoms with Crippen molar-refractivity contribution in [3.8, 4) is 34.3 Å². The molecule has 0 aliphatic carbocycles. The van der Waals surface area contributed by atoms with Gasteiger partial charge >= 0.3 is 5.97 Å². The summed E-state index contributed by atoms with van der Waals surface area (Å²) >= 11 is 0. The molecule has 0 aliphatic heterocycles. The fraction of sp³-hybridized carbons (Fsp3) is 0.120. The highest BCUT2D eigenvalue weighted by Crippen LogP contribution is 2.29. The first-order valence-electron chi connectivity index (χ1n) is 9.76. The standard InChI is InChI=1S/C25H22N2O4/c1-17-9-11-19(12-10-17)27-24(16-22(26-27)18-7-5-4-6-8-18)31-25(28)21-14-13-20(29-2)15-23(21)30-3/h4-16H,1-3H3. The Hall–Kier alpha value is -4.06. The predicted octanol–water partition coefficient (Wildman–Crippen LogP) is 5.08. The van der Waals surface area contributed by atoms with Gasteiger partial charge in [-0.25, -0.2) is 9.48 Å². The minimum atomic E-state index is -0.549. The van der Waals surface area contributed by atoms with Crippen LogP contribution in [0, 0.1) is 6.92 Å². The zero-order valence-electron chi connectivity index (χ0n) is 17.5. The van der Waals surface area contributed by atoms with Crippen molar-refractivity contribution in [2.75, 3.05) is 14.2 Å². The Morgan fingerprint density at radius 2 is 1.61 bits per heavy atom. The molecule has 4 rings (SSSR count). The second-order valence-corrected chi connectivity index (χ2v) is 6.94. The summed E-state index contributed by atoms with van der Waals surface area (Å²) in [5, 5.41) is 4.69. The molecule has 6 nitrogen and oxygen atoms in total. The molecule has 3 aromatic carbocycles. The van der Waals surface area contributed by atoms with Gasteiger partial charge in [-0.15, -0.1) is 0 Å². The third-order valence-corrected chi connectivity index (χ3v) is 4.85. The van der Waals surface area contributed by atoms with Gasteiger partial charge in [0.15, 0.2) is 0 Å². The van der Waals surface area contributed by atoms with Crippen LogP contribution < -0.4 is 14.2 Å². The van der Waals surface area contributed by atoms with E-state index in [2.05, 4.69) is 5.10 Å². The molecule has 0 spiro atoms. The number of carbonyl (C=O) groups is 1. The van der Waals surface area contributed by atoms with Gasteiger partial charge in [0.2, 0.25) is 5.88 Å². The van der Waals surface area contributed by atoms with E-state index in [0.717, 1.165) is 16.8 Å². The van der Waals surface area contributed by atoms with Crippen LogP contribution in [0.2, 0.25) is 0 Å². The fourth-order valence-corrected chi connectivity index (χ4v) is 3.17. The summed E-state index contributed by atoms with van der Waals surface area (Å²) in [6.07, 6.45) is 0. The first kappa shape index (κ1) is 20.2. The topological polar surface area (TPSA) is 62.6 Å². The number of esters is 1. The van der Waals surface area contributed by atoms with Crippen LogP contribution in [-0.4, -0.2) is 30.0 Å². The molecule has 156 valence electrons. The number of hydrogen-bond donors (Lipinski definition) is 0. The second kappa shape index (κ2) is 8.75. The van der Waals surface area contributed by atoms with Gasteiger partial charge in [0.05, 0.1) is 25.6 Å². The Kier molecular flexibility index (Phi) is 5.71. The number of aromatic nitrogens is 2. The van der Waals surface area contributed by atoms with Gasteiger partial charge in [0, 0.05) is 17.7 Å².